The fourth-order valence-electron chi connectivity index (χ4n) is 2.44. The highest BCUT2D eigenvalue weighted by atomic mass is 79.9. The molecule has 114 valence electrons. The van der Waals surface area contributed by atoms with Gasteiger partial charge in [-0.25, -0.2) is 0 Å². The molecule has 2 rings (SSSR count). The van der Waals surface area contributed by atoms with Gasteiger partial charge in [0, 0.05) is 17.4 Å². The summed E-state index contributed by atoms with van der Waals surface area (Å²) in [6.45, 7) is 2.17. The van der Waals surface area contributed by atoms with Crippen molar-refractivity contribution in [1.29, 1.82) is 0 Å². The number of hydrogen-bond donors (Lipinski definition) is 2. The Balaban J connectivity index is 1.73. The zero-order valence-electron chi connectivity index (χ0n) is 11.7. The van der Waals surface area contributed by atoms with E-state index in [0.29, 0.717) is 25.8 Å². The molecule has 0 aromatic heterocycles. The number of carbonyl (C=O) groups is 2. The Morgan fingerprint density at radius 1 is 1.29 bits per heavy atom. The molecule has 0 saturated carbocycles. The summed E-state index contributed by atoms with van der Waals surface area (Å²) in [5, 5.41) is 11.8. The maximum atomic E-state index is 11.9. The Morgan fingerprint density at radius 2 is 1.95 bits per heavy atom. The molecule has 1 aliphatic heterocycles. The topological polar surface area (TPSA) is 69.6 Å². The first-order valence-electron chi connectivity index (χ1n) is 7.06. The number of aliphatic carboxylic acids is 1. The number of anilines is 1. The molecule has 1 aliphatic rings. The van der Waals surface area contributed by atoms with Gasteiger partial charge in [0.05, 0.1) is 11.6 Å². The molecular formula is C15H19BrN2O3. The number of likely N-dealkylation sites (tertiary alicyclic amines) is 1. The van der Waals surface area contributed by atoms with Crippen LogP contribution in [0, 0.1) is 5.92 Å². The van der Waals surface area contributed by atoms with E-state index in [2.05, 4.69) is 26.1 Å². The summed E-state index contributed by atoms with van der Waals surface area (Å²) in [4.78, 5) is 25.0. The zero-order valence-corrected chi connectivity index (χ0v) is 13.3. The van der Waals surface area contributed by atoms with E-state index in [1.165, 1.54) is 0 Å². The number of carboxylic acids is 1. The third-order valence-corrected chi connectivity index (χ3v) is 4.43. The fourth-order valence-corrected chi connectivity index (χ4v) is 2.82. The number of benzene rings is 1. The highest BCUT2D eigenvalue weighted by Crippen LogP contribution is 2.21. The molecule has 2 N–H and O–H groups in total. The van der Waals surface area contributed by atoms with Crippen LogP contribution in [0.1, 0.15) is 19.3 Å². The largest absolute Gasteiger partial charge is 0.481 e. The van der Waals surface area contributed by atoms with Gasteiger partial charge < -0.3 is 15.3 Å². The van der Waals surface area contributed by atoms with Crippen LogP contribution in [0.2, 0.25) is 0 Å². The second kappa shape index (κ2) is 7.56. The first kappa shape index (κ1) is 16.0. The maximum Gasteiger partial charge on any atom is 0.306 e. The number of para-hydroxylation sites is 1. The van der Waals surface area contributed by atoms with Crippen LogP contribution in [-0.4, -0.2) is 41.5 Å². The molecule has 0 aliphatic carbocycles. The van der Waals surface area contributed by atoms with Crippen LogP contribution in [0.4, 0.5) is 5.69 Å². The van der Waals surface area contributed by atoms with Crippen molar-refractivity contribution < 1.29 is 14.7 Å². The minimum atomic E-state index is -0.707. The summed E-state index contributed by atoms with van der Waals surface area (Å²) in [5.41, 5.74) is 0.770. The first-order chi connectivity index (χ1) is 10.1. The van der Waals surface area contributed by atoms with Crippen LogP contribution in [0.3, 0.4) is 0 Å². The average Bonchev–Trinajstić information content (AvgIpc) is 2.48. The molecule has 21 heavy (non-hydrogen) atoms. The van der Waals surface area contributed by atoms with Gasteiger partial charge in [0.25, 0.3) is 0 Å². The van der Waals surface area contributed by atoms with Crippen molar-refractivity contribution in [3.63, 3.8) is 0 Å². The molecule has 0 atom stereocenters. The van der Waals surface area contributed by atoms with Gasteiger partial charge in [-0.05, 0) is 54.0 Å². The number of rotatable bonds is 5. The second-order valence-corrected chi connectivity index (χ2v) is 6.09. The Morgan fingerprint density at radius 3 is 2.57 bits per heavy atom. The van der Waals surface area contributed by atoms with E-state index in [4.69, 9.17) is 5.11 Å². The second-order valence-electron chi connectivity index (χ2n) is 5.23. The van der Waals surface area contributed by atoms with Gasteiger partial charge in [0.15, 0.2) is 0 Å². The van der Waals surface area contributed by atoms with Gasteiger partial charge >= 0.3 is 5.97 Å². The number of hydrogen-bond acceptors (Lipinski definition) is 3. The van der Waals surface area contributed by atoms with Crippen molar-refractivity contribution in [2.24, 2.45) is 5.92 Å². The van der Waals surface area contributed by atoms with E-state index >= 15 is 0 Å². The smallest absolute Gasteiger partial charge is 0.306 e. The molecule has 0 unspecified atom stereocenters. The quantitative estimate of drug-likeness (QED) is 0.852. The molecule has 5 nitrogen and oxygen atoms in total. The van der Waals surface area contributed by atoms with Crippen molar-refractivity contribution in [1.82, 2.24) is 4.90 Å². The van der Waals surface area contributed by atoms with Gasteiger partial charge in [-0.15, -0.1) is 0 Å². The van der Waals surface area contributed by atoms with E-state index in [1.807, 2.05) is 24.3 Å². The summed E-state index contributed by atoms with van der Waals surface area (Å²) in [6, 6.07) is 7.50. The van der Waals surface area contributed by atoms with Gasteiger partial charge in [0.1, 0.15) is 0 Å². The number of halogens is 1. The monoisotopic (exact) mass is 354 g/mol. The minimum Gasteiger partial charge on any atom is -0.481 e. The lowest BCUT2D eigenvalue weighted by atomic mass is 9.97. The third-order valence-electron chi connectivity index (χ3n) is 3.74. The summed E-state index contributed by atoms with van der Waals surface area (Å²) in [5.74, 6) is -0.959. The predicted molar refractivity (Wildman–Crippen MR) is 84.2 cm³/mol. The van der Waals surface area contributed by atoms with E-state index in [9.17, 15) is 9.59 Å². The van der Waals surface area contributed by atoms with Gasteiger partial charge in [0.2, 0.25) is 5.91 Å². The van der Waals surface area contributed by atoms with Crippen LogP contribution in [0.5, 0.6) is 0 Å². The molecule has 1 amide bonds. The summed E-state index contributed by atoms with van der Waals surface area (Å²) < 4.78 is 0.862. The lowest BCUT2D eigenvalue weighted by Gasteiger charge is -2.29. The van der Waals surface area contributed by atoms with Crippen LogP contribution >= 0.6 is 15.9 Å². The molecule has 1 saturated heterocycles. The zero-order chi connectivity index (χ0) is 15.2. The Labute approximate surface area is 132 Å². The fraction of sp³-hybridized carbons (Fsp3) is 0.467. The summed E-state index contributed by atoms with van der Waals surface area (Å²) >= 11 is 3.39. The molecule has 1 aromatic rings. The van der Waals surface area contributed by atoms with Crippen molar-refractivity contribution in [2.45, 2.75) is 19.3 Å². The molecule has 0 spiro atoms. The van der Waals surface area contributed by atoms with Gasteiger partial charge in [-0.2, -0.15) is 0 Å². The highest BCUT2D eigenvalue weighted by molar-refractivity contribution is 9.10. The summed E-state index contributed by atoms with van der Waals surface area (Å²) in [6.07, 6.45) is 1.75. The standard InChI is InChI=1S/C15H19BrN2O3/c16-12-3-1-2-4-13(12)17-14(19)7-10-18-8-5-11(6-9-18)15(20)21/h1-4,11H,5-10H2,(H,17,19)(H,20,21). The van der Waals surface area contributed by atoms with Crippen molar-refractivity contribution >= 4 is 33.5 Å². The molecule has 6 heteroatoms. The number of amides is 1. The molecule has 1 fully saturated rings. The Hall–Kier alpha value is -1.40. The van der Waals surface area contributed by atoms with Crippen molar-refractivity contribution in [3.05, 3.63) is 28.7 Å². The summed E-state index contributed by atoms with van der Waals surface area (Å²) in [7, 11) is 0. The predicted octanol–water partition coefficient (Wildman–Crippen LogP) is 2.57. The van der Waals surface area contributed by atoms with Crippen LogP contribution in [0.15, 0.2) is 28.7 Å². The number of carbonyl (C=O) groups excluding carboxylic acids is 1. The first-order valence-corrected chi connectivity index (χ1v) is 7.85. The van der Waals surface area contributed by atoms with Gasteiger partial charge in [-0.3, -0.25) is 9.59 Å². The van der Waals surface area contributed by atoms with Crippen molar-refractivity contribution in [2.75, 3.05) is 25.0 Å². The third kappa shape index (κ3) is 4.82. The molecule has 1 aromatic carbocycles. The average molecular weight is 355 g/mol. The van der Waals surface area contributed by atoms with Crippen molar-refractivity contribution in [3.8, 4) is 0 Å². The number of carboxylic acid groups (broad SMARTS) is 1. The number of piperidine rings is 1. The maximum absolute atomic E-state index is 11.9. The van der Waals surface area contributed by atoms with E-state index < -0.39 is 5.97 Å². The van der Waals surface area contributed by atoms with Gasteiger partial charge in [-0.1, -0.05) is 12.1 Å². The minimum absolute atomic E-state index is 0.0257. The van der Waals surface area contributed by atoms with Crippen LogP contribution < -0.4 is 5.32 Å². The molecule has 0 bridgehead atoms. The Bertz CT molecular complexity index is 513. The number of nitrogens with one attached hydrogen (secondary N) is 1. The normalized spacial score (nSPS) is 16.6. The lowest BCUT2D eigenvalue weighted by molar-refractivity contribution is -0.143. The Kier molecular flexibility index (Phi) is 5.76. The van der Waals surface area contributed by atoms with Crippen LogP contribution in [-0.2, 0) is 9.59 Å². The van der Waals surface area contributed by atoms with E-state index in [-0.39, 0.29) is 11.8 Å². The van der Waals surface area contributed by atoms with E-state index in [1.54, 1.807) is 0 Å². The molecule has 1 heterocycles. The van der Waals surface area contributed by atoms with Crippen LogP contribution in [0.25, 0.3) is 0 Å². The molecule has 0 radical (unpaired) electrons. The highest BCUT2D eigenvalue weighted by Gasteiger charge is 2.24. The molecular weight excluding hydrogens is 336 g/mol. The SMILES string of the molecule is O=C(CCN1CCC(C(=O)O)CC1)Nc1ccccc1Br. The number of nitrogens with zero attached hydrogens (tertiary/aromatic N) is 1. The van der Waals surface area contributed by atoms with E-state index in [0.717, 1.165) is 23.2 Å². The lowest BCUT2D eigenvalue weighted by Crippen LogP contribution is -2.37.